The van der Waals surface area contributed by atoms with Crippen LogP contribution in [-0.4, -0.2) is 59.3 Å². The fourth-order valence-electron chi connectivity index (χ4n) is 2.76. The lowest BCUT2D eigenvalue weighted by molar-refractivity contribution is -0.117. The molecule has 6 nitrogen and oxygen atoms in total. The maximum absolute atomic E-state index is 12.9. The molecule has 0 atom stereocenters. The summed E-state index contributed by atoms with van der Waals surface area (Å²) in [6.07, 6.45) is 3.18. The lowest BCUT2D eigenvalue weighted by atomic mass is 10.2. The first-order valence-corrected chi connectivity index (χ1v) is 8.98. The van der Waals surface area contributed by atoms with Gasteiger partial charge in [0.1, 0.15) is 5.82 Å². The molecule has 0 saturated carbocycles. The lowest BCUT2D eigenvalue weighted by Crippen LogP contribution is -2.50. The minimum atomic E-state index is -0.343. The van der Waals surface area contributed by atoms with Gasteiger partial charge in [-0.15, -0.1) is 0 Å². The number of nitrogens with zero attached hydrogens (tertiary/aromatic N) is 3. The van der Waals surface area contributed by atoms with E-state index < -0.39 is 0 Å². The number of aromatic nitrogens is 1. The van der Waals surface area contributed by atoms with Gasteiger partial charge in [-0.1, -0.05) is 0 Å². The summed E-state index contributed by atoms with van der Waals surface area (Å²) in [4.78, 5) is 32.4. The number of piperazine rings is 1. The molecule has 3 rings (SSSR count). The van der Waals surface area contributed by atoms with Gasteiger partial charge in [-0.2, -0.15) is 0 Å². The monoisotopic (exact) mass is 420 g/mol. The average molecular weight is 421 g/mol. The van der Waals surface area contributed by atoms with E-state index in [1.54, 1.807) is 23.4 Å². The fraction of sp³-hybridized carbons (Fsp3) is 0.278. The van der Waals surface area contributed by atoms with E-state index in [0.29, 0.717) is 37.4 Å². The lowest BCUT2D eigenvalue weighted by Gasteiger charge is -2.34. The van der Waals surface area contributed by atoms with Gasteiger partial charge < -0.3 is 10.2 Å². The molecule has 8 heteroatoms. The maximum Gasteiger partial charge on any atom is 0.255 e. The third-order valence-electron chi connectivity index (χ3n) is 4.11. The second-order valence-corrected chi connectivity index (χ2v) is 6.93. The zero-order valence-corrected chi connectivity index (χ0v) is 15.6. The molecule has 0 spiro atoms. The van der Waals surface area contributed by atoms with Gasteiger partial charge in [0.05, 0.1) is 12.1 Å². The molecule has 0 bridgehead atoms. The van der Waals surface area contributed by atoms with Gasteiger partial charge in [0.2, 0.25) is 5.91 Å². The molecular weight excluding hydrogens is 403 g/mol. The molecular formula is C18H18BrFN4O2. The van der Waals surface area contributed by atoms with Crippen LogP contribution in [0.4, 0.5) is 10.1 Å². The molecule has 1 aliphatic rings. The van der Waals surface area contributed by atoms with Crippen LogP contribution in [0.2, 0.25) is 0 Å². The first-order valence-electron chi connectivity index (χ1n) is 8.19. The molecule has 1 aliphatic heterocycles. The van der Waals surface area contributed by atoms with Crippen LogP contribution in [-0.2, 0) is 4.79 Å². The van der Waals surface area contributed by atoms with Crippen LogP contribution in [0.1, 0.15) is 10.4 Å². The number of amides is 2. The highest BCUT2D eigenvalue weighted by molar-refractivity contribution is 9.10. The predicted molar refractivity (Wildman–Crippen MR) is 99.3 cm³/mol. The van der Waals surface area contributed by atoms with E-state index in [-0.39, 0.29) is 24.2 Å². The van der Waals surface area contributed by atoms with Crippen molar-refractivity contribution in [2.24, 2.45) is 0 Å². The van der Waals surface area contributed by atoms with Crippen molar-refractivity contribution in [1.29, 1.82) is 0 Å². The van der Waals surface area contributed by atoms with Crippen LogP contribution in [0.3, 0.4) is 0 Å². The Balaban J connectivity index is 1.48. The van der Waals surface area contributed by atoms with Crippen molar-refractivity contribution in [3.8, 4) is 0 Å². The molecule has 0 radical (unpaired) electrons. The highest BCUT2D eigenvalue weighted by Crippen LogP contribution is 2.13. The smallest absolute Gasteiger partial charge is 0.255 e. The van der Waals surface area contributed by atoms with E-state index >= 15 is 0 Å². The first kappa shape index (κ1) is 18.5. The normalized spacial score (nSPS) is 14.9. The number of carbonyl (C=O) groups excluding carboxylic acids is 2. The molecule has 1 saturated heterocycles. The van der Waals surface area contributed by atoms with Gasteiger partial charge in [-0.3, -0.25) is 19.5 Å². The van der Waals surface area contributed by atoms with Crippen LogP contribution in [0.25, 0.3) is 0 Å². The fourth-order valence-corrected chi connectivity index (χ4v) is 3.12. The summed E-state index contributed by atoms with van der Waals surface area (Å²) < 4.78 is 13.6. The zero-order valence-electron chi connectivity index (χ0n) is 14.0. The van der Waals surface area contributed by atoms with Gasteiger partial charge in [-0.25, -0.2) is 4.39 Å². The Morgan fingerprint density at radius 1 is 1.12 bits per heavy atom. The van der Waals surface area contributed by atoms with Crippen molar-refractivity contribution < 1.29 is 14.0 Å². The van der Waals surface area contributed by atoms with E-state index in [2.05, 4.69) is 26.2 Å². The van der Waals surface area contributed by atoms with Crippen molar-refractivity contribution >= 4 is 33.4 Å². The van der Waals surface area contributed by atoms with Crippen molar-refractivity contribution in [3.63, 3.8) is 0 Å². The first-order chi connectivity index (χ1) is 12.5. The number of halogens is 2. The molecule has 26 heavy (non-hydrogen) atoms. The molecule has 2 heterocycles. The number of carbonyl (C=O) groups is 2. The molecule has 0 aliphatic carbocycles. The van der Waals surface area contributed by atoms with E-state index in [4.69, 9.17) is 0 Å². The Morgan fingerprint density at radius 2 is 1.81 bits per heavy atom. The van der Waals surface area contributed by atoms with Crippen LogP contribution in [0.15, 0.2) is 47.2 Å². The molecule has 136 valence electrons. The van der Waals surface area contributed by atoms with E-state index in [0.717, 1.165) is 4.47 Å². The van der Waals surface area contributed by atoms with Gasteiger partial charge in [0.15, 0.2) is 0 Å². The summed E-state index contributed by atoms with van der Waals surface area (Å²) in [7, 11) is 0. The summed E-state index contributed by atoms with van der Waals surface area (Å²) in [5.41, 5.74) is 1.11. The van der Waals surface area contributed by atoms with E-state index in [9.17, 15) is 14.0 Å². The largest absolute Gasteiger partial charge is 0.336 e. The van der Waals surface area contributed by atoms with Crippen molar-refractivity contribution in [2.75, 3.05) is 38.0 Å². The Bertz CT molecular complexity index is 792. The minimum Gasteiger partial charge on any atom is -0.336 e. The molecule has 2 aromatic rings. The Labute approximate surface area is 159 Å². The van der Waals surface area contributed by atoms with Gasteiger partial charge in [0, 0.05) is 48.7 Å². The van der Waals surface area contributed by atoms with Gasteiger partial charge >= 0.3 is 0 Å². The number of benzene rings is 1. The molecule has 1 N–H and O–H groups in total. The third kappa shape index (κ3) is 4.86. The predicted octanol–water partition coefficient (Wildman–Crippen LogP) is 2.38. The molecule has 1 aromatic carbocycles. The highest BCUT2D eigenvalue weighted by Gasteiger charge is 2.23. The summed E-state index contributed by atoms with van der Waals surface area (Å²) in [6.45, 7) is 2.57. The number of anilines is 1. The quantitative estimate of drug-likeness (QED) is 0.824. The molecule has 1 fully saturated rings. The maximum atomic E-state index is 12.9. The van der Waals surface area contributed by atoms with Gasteiger partial charge in [0.25, 0.3) is 5.91 Å². The molecule has 1 aromatic heterocycles. The van der Waals surface area contributed by atoms with Crippen LogP contribution in [0, 0.1) is 5.82 Å². The van der Waals surface area contributed by atoms with E-state index in [1.165, 1.54) is 24.3 Å². The highest BCUT2D eigenvalue weighted by atomic mass is 79.9. The Morgan fingerprint density at radius 3 is 2.46 bits per heavy atom. The van der Waals surface area contributed by atoms with Crippen molar-refractivity contribution in [2.45, 2.75) is 0 Å². The van der Waals surface area contributed by atoms with Crippen LogP contribution < -0.4 is 5.32 Å². The Kier molecular flexibility index (Phi) is 5.95. The van der Waals surface area contributed by atoms with E-state index in [1.807, 2.05) is 4.90 Å². The number of rotatable bonds is 4. The van der Waals surface area contributed by atoms with Crippen molar-refractivity contribution in [1.82, 2.24) is 14.8 Å². The number of hydrogen-bond acceptors (Lipinski definition) is 4. The third-order valence-corrected chi connectivity index (χ3v) is 4.54. The van der Waals surface area contributed by atoms with Crippen molar-refractivity contribution in [3.05, 3.63) is 58.6 Å². The Hall–Kier alpha value is -2.32. The SMILES string of the molecule is O=C(CN1CCN(C(=O)c2cncc(Br)c2)CC1)Nc1ccc(F)cc1. The molecule has 0 unspecified atom stereocenters. The van der Waals surface area contributed by atoms with Crippen LogP contribution in [0.5, 0.6) is 0 Å². The average Bonchev–Trinajstić information content (AvgIpc) is 2.64. The number of nitrogens with one attached hydrogen (secondary N) is 1. The van der Waals surface area contributed by atoms with Gasteiger partial charge in [-0.05, 0) is 46.3 Å². The zero-order chi connectivity index (χ0) is 18.5. The minimum absolute atomic E-state index is 0.0609. The topological polar surface area (TPSA) is 65.5 Å². The summed E-state index contributed by atoms with van der Waals surface area (Å²) in [5, 5.41) is 2.74. The molecule has 2 amide bonds. The second kappa shape index (κ2) is 8.37. The second-order valence-electron chi connectivity index (χ2n) is 6.02. The summed E-state index contributed by atoms with van der Waals surface area (Å²) >= 11 is 3.32. The van der Waals surface area contributed by atoms with Crippen LogP contribution >= 0.6 is 15.9 Å². The standard InChI is InChI=1S/C18H18BrFN4O2/c19-14-9-13(10-21-11-14)18(26)24-7-5-23(6-8-24)12-17(25)22-16-3-1-15(20)2-4-16/h1-4,9-11H,5-8,12H2,(H,22,25). The number of hydrogen-bond donors (Lipinski definition) is 1. The number of pyridine rings is 1. The summed E-state index contributed by atoms with van der Waals surface area (Å²) in [5.74, 6) is -0.564. The summed E-state index contributed by atoms with van der Waals surface area (Å²) in [6, 6.07) is 7.40.